The van der Waals surface area contributed by atoms with Gasteiger partial charge in [-0.3, -0.25) is 13.9 Å². The molecule has 0 spiro atoms. The van der Waals surface area contributed by atoms with Gasteiger partial charge in [-0.05, 0) is 68.4 Å². The van der Waals surface area contributed by atoms with Crippen molar-refractivity contribution in [3.63, 3.8) is 0 Å². The molecule has 1 aromatic heterocycles. The number of benzene rings is 3. The molecule has 0 saturated carbocycles. The lowest BCUT2D eigenvalue weighted by Gasteiger charge is -2.22. The molecular formula is C28H27N3O7S2. The normalized spacial score (nSPS) is 11.8. The van der Waals surface area contributed by atoms with Crippen molar-refractivity contribution in [1.29, 1.82) is 0 Å². The number of para-hydroxylation sites is 1. The zero-order valence-electron chi connectivity index (χ0n) is 22.1. The minimum absolute atomic E-state index is 0.0318. The number of anilines is 1. The average molecular weight is 582 g/mol. The maximum absolute atomic E-state index is 13.3. The van der Waals surface area contributed by atoms with Crippen LogP contribution in [0.4, 0.5) is 5.69 Å². The van der Waals surface area contributed by atoms with E-state index in [2.05, 4.69) is 4.99 Å². The topological polar surface area (TPSA) is 124 Å². The third-order valence-corrected chi connectivity index (χ3v) is 8.87. The van der Waals surface area contributed by atoms with Crippen molar-refractivity contribution in [3.8, 4) is 0 Å². The molecule has 12 heteroatoms. The smallest absolute Gasteiger partial charge is 0.337 e. The number of sulfonamides is 1. The van der Waals surface area contributed by atoms with Gasteiger partial charge in [-0.25, -0.2) is 13.2 Å². The average Bonchev–Trinajstić information content (AvgIpc) is 3.29. The second-order valence-corrected chi connectivity index (χ2v) is 11.3. The molecule has 0 aliphatic rings. The predicted molar refractivity (Wildman–Crippen MR) is 151 cm³/mol. The van der Waals surface area contributed by atoms with Crippen LogP contribution in [0.2, 0.25) is 0 Å². The Hall–Kier alpha value is -4.29. The number of nitrogens with zero attached hydrogens (tertiary/aromatic N) is 3. The molecule has 10 nitrogen and oxygen atoms in total. The lowest BCUT2D eigenvalue weighted by Crippen LogP contribution is -2.30. The van der Waals surface area contributed by atoms with Gasteiger partial charge in [0.1, 0.15) is 6.54 Å². The Morgan fingerprint density at radius 3 is 2.25 bits per heavy atom. The summed E-state index contributed by atoms with van der Waals surface area (Å²) in [7, 11) is -2.58. The van der Waals surface area contributed by atoms with E-state index in [1.54, 1.807) is 62.4 Å². The van der Waals surface area contributed by atoms with Crippen LogP contribution in [-0.4, -0.2) is 51.1 Å². The molecule has 0 fully saturated rings. The molecule has 40 heavy (non-hydrogen) atoms. The van der Waals surface area contributed by atoms with Crippen LogP contribution in [-0.2, 0) is 30.8 Å². The van der Waals surface area contributed by atoms with Crippen molar-refractivity contribution in [3.05, 3.63) is 88.7 Å². The summed E-state index contributed by atoms with van der Waals surface area (Å²) in [6.45, 7) is 3.66. The summed E-state index contributed by atoms with van der Waals surface area (Å²) in [6, 6.07) is 19.1. The van der Waals surface area contributed by atoms with E-state index in [4.69, 9.17) is 9.47 Å². The van der Waals surface area contributed by atoms with Gasteiger partial charge in [-0.15, -0.1) is 0 Å². The van der Waals surface area contributed by atoms with E-state index in [0.29, 0.717) is 21.5 Å². The van der Waals surface area contributed by atoms with Crippen LogP contribution in [0.25, 0.3) is 10.2 Å². The highest BCUT2D eigenvalue weighted by Gasteiger charge is 2.24. The van der Waals surface area contributed by atoms with Crippen molar-refractivity contribution in [1.82, 2.24) is 4.57 Å². The van der Waals surface area contributed by atoms with Crippen molar-refractivity contribution in [2.45, 2.75) is 25.3 Å². The molecule has 0 unspecified atom stereocenters. The Morgan fingerprint density at radius 1 is 0.950 bits per heavy atom. The first kappa shape index (κ1) is 28.7. The van der Waals surface area contributed by atoms with Crippen LogP contribution in [0.15, 0.2) is 82.7 Å². The Kier molecular flexibility index (Phi) is 8.80. The van der Waals surface area contributed by atoms with E-state index < -0.39 is 27.9 Å². The molecule has 1 heterocycles. The van der Waals surface area contributed by atoms with Crippen LogP contribution in [0.1, 0.15) is 34.6 Å². The molecular weight excluding hydrogens is 554 g/mol. The van der Waals surface area contributed by atoms with E-state index >= 15 is 0 Å². The van der Waals surface area contributed by atoms with Crippen LogP contribution in [0.5, 0.6) is 0 Å². The molecule has 4 rings (SSSR count). The third-order valence-electron chi connectivity index (χ3n) is 5.91. The lowest BCUT2D eigenvalue weighted by atomic mass is 10.2. The molecule has 0 bridgehead atoms. The number of rotatable bonds is 9. The third kappa shape index (κ3) is 5.97. The van der Waals surface area contributed by atoms with E-state index in [-0.39, 0.29) is 35.0 Å². The molecule has 0 saturated heterocycles. The maximum Gasteiger partial charge on any atom is 0.337 e. The summed E-state index contributed by atoms with van der Waals surface area (Å²) < 4.78 is 39.8. The largest absolute Gasteiger partial charge is 0.465 e. The van der Waals surface area contributed by atoms with Crippen LogP contribution >= 0.6 is 11.3 Å². The fourth-order valence-electron chi connectivity index (χ4n) is 4.03. The predicted octanol–water partition coefficient (Wildman–Crippen LogP) is 4.01. The quantitative estimate of drug-likeness (QED) is 0.274. The van der Waals surface area contributed by atoms with Crippen molar-refractivity contribution in [2.24, 2.45) is 4.99 Å². The number of carbonyl (C=O) groups is 3. The Morgan fingerprint density at radius 2 is 1.62 bits per heavy atom. The molecule has 0 aliphatic carbocycles. The number of hydrogen-bond acceptors (Lipinski definition) is 8. The second kappa shape index (κ2) is 12.3. The van der Waals surface area contributed by atoms with E-state index in [1.165, 1.54) is 40.2 Å². The molecule has 4 aromatic rings. The Labute approximate surface area is 235 Å². The van der Waals surface area contributed by atoms with Gasteiger partial charge in [-0.1, -0.05) is 29.5 Å². The zero-order valence-corrected chi connectivity index (χ0v) is 23.7. The highest BCUT2D eigenvalue weighted by molar-refractivity contribution is 7.92. The number of aromatic nitrogens is 1. The lowest BCUT2D eigenvalue weighted by molar-refractivity contribution is -0.143. The van der Waals surface area contributed by atoms with Crippen molar-refractivity contribution in [2.75, 3.05) is 24.6 Å². The van der Waals surface area contributed by atoms with Gasteiger partial charge < -0.3 is 14.0 Å². The number of ether oxygens (including phenoxy) is 2. The highest BCUT2D eigenvalue weighted by Crippen LogP contribution is 2.24. The number of fused-ring (bicyclic) bond motifs is 1. The fourth-order valence-corrected chi connectivity index (χ4v) is 6.57. The van der Waals surface area contributed by atoms with E-state index in [1.807, 2.05) is 0 Å². The summed E-state index contributed by atoms with van der Waals surface area (Å²) >= 11 is 1.12. The van der Waals surface area contributed by atoms with Crippen molar-refractivity contribution < 1.29 is 32.3 Å². The number of methoxy groups -OCH3 is 1. The summed E-state index contributed by atoms with van der Waals surface area (Å²) in [6.07, 6.45) is 0. The molecule has 0 atom stereocenters. The first-order chi connectivity index (χ1) is 19.2. The number of amides is 1. The minimum Gasteiger partial charge on any atom is -0.465 e. The van der Waals surface area contributed by atoms with E-state index in [9.17, 15) is 22.8 Å². The molecule has 1 amide bonds. The Balaban J connectivity index is 1.70. The summed E-state index contributed by atoms with van der Waals surface area (Å²) in [5, 5.41) is 0. The van der Waals surface area contributed by atoms with Gasteiger partial charge in [-0.2, -0.15) is 4.99 Å². The number of carbonyl (C=O) groups excluding carboxylic acids is 3. The summed E-state index contributed by atoms with van der Waals surface area (Å²) in [5.74, 6) is -1.66. The number of thiazole rings is 1. The summed E-state index contributed by atoms with van der Waals surface area (Å²) in [5.41, 5.74) is 1.59. The monoisotopic (exact) mass is 581 g/mol. The van der Waals surface area contributed by atoms with Crippen molar-refractivity contribution >= 4 is 55.1 Å². The number of esters is 2. The van der Waals surface area contributed by atoms with Gasteiger partial charge in [0.2, 0.25) is 0 Å². The van der Waals surface area contributed by atoms with Crippen LogP contribution < -0.4 is 9.11 Å². The van der Waals surface area contributed by atoms with Gasteiger partial charge in [0.25, 0.3) is 15.9 Å². The first-order valence-corrected chi connectivity index (χ1v) is 14.6. The second-order valence-electron chi connectivity index (χ2n) is 8.40. The van der Waals surface area contributed by atoms with E-state index in [0.717, 1.165) is 11.3 Å². The highest BCUT2D eigenvalue weighted by atomic mass is 32.2. The van der Waals surface area contributed by atoms with Gasteiger partial charge in [0.05, 0.1) is 40.1 Å². The zero-order chi connectivity index (χ0) is 28.9. The van der Waals surface area contributed by atoms with Crippen LogP contribution in [0.3, 0.4) is 0 Å². The Bertz CT molecular complexity index is 1730. The molecule has 0 N–H and O–H groups in total. The van der Waals surface area contributed by atoms with Gasteiger partial charge in [0, 0.05) is 12.1 Å². The SMILES string of the molecule is CCOC(=O)Cn1c(=NC(=O)c2ccc(S(=O)(=O)N(CC)c3ccccc3)cc2)sc2cc(C(=O)OC)ccc21. The molecule has 0 aliphatic heterocycles. The molecule has 0 radical (unpaired) electrons. The number of hydrogen-bond donors (Lipinski definition) is 0. The van der Waals surface area contributed by atoms with Gasteiger partial charge in [0.15, 0.2) is 4.80 Å². The standard InChI is InChI=1S/C28H27N3O7S2/c1-4-31(21-9-7-6-8-10-21)40(35,36)22-14-11-19(12-15-22)26(33)29-28-30(18-25(32)38-5-2)23-16-13-20(27(34)37-3)17-24(23)39-28/h6-17H,4-5,18H2,1-3H3. The molecule has 3 aromatic carbocycles. The fraction of sp³-hybridized carbons (Fsp3) is 0.214. The minimum atomic E-state index is -3.86. The first-order valence-electron chi connectivity index (χ1n) is 12.3. The molecule has 208 valence electrons. The maximum atomic E-state index is 13.3. The van der Waals surface area contributed by atoms with Crippen LogP contribution in [0, 0.1) is 0 Å². The summed E-state index contributed by atoms with van der Waals surface area (Å²) in [4.78, 5) is 41.9. The van der Waals surface area contributed by atoms with Gasteiger partial charge >= 0.3 is 11.9 Å².